The van der Waals surface area contributed by atoms with Gasteiger partial charge in [0.25, 0.3) is 0 Å². The summed E-state index contributed by atoms with van der Waals surface area (Å²) in [4.78, 5) is 4.63. The second kappa shape index (κ2) is 9.44. The highest BCUT2D eigenvalue weighted by molar-refractivity contribution is 7.91. The van der Waals surface area contributed by atoms with Crippen LogP contribution < -0.4 is 15.4 Å². The van der Waals surface area contributed by atoms with Gasteiger partial charge in [0, 0.05) is 12.6 Å². The summed E-state index contributed by atoms with van der Waals surface area (Å²) in [5.74, 6) is 2.01. The highest BCUT2D eigenvalue weighted by atomic mass is 32.2. The second-order valence-electron chi connectivity index (χ2n) is 7.46. The molecule has 1 heterocycles. The summed E-state index contributed by atoms with van der Waals surface area (Å²) in [6, 6.07) is 8.05. The maximum Gasteiger partial charge on any atom is 0.191 e. The van der Waals surface area contributed by atoms with E-state index in [4.69, 9.17) is 4.74 Å². The van der Waals surface area contributed by atoms with Crippen LogP contribution in [0, 0.1) is 0 Å². The summed E-state index contributed by atoms with van der Waals surface area (Å²) < 4.78 is 29.4. The summed E-state index contributed by atoms with van der Waals surface area (Å²) >= 11 is 0. The Balaban J connectivity index is 1.59. The van der Waals surface area contributed by atoms with Gasteiger partial charge in [-0.3, -0.25) is 0 Å². The normalized spacial score (nSPS) is 23.1. The van der Waals surface area contributed by atoms with Gasteiger partial charge in [-0.25, -0.2) is 13.4 Å². The quantitative estimate of drug-likeness (QED) is 0.574. The van der Waals surface area contributed by atoms with Crippen molar-refractivity contribution >= 4 is 15.8 Å². The Morgan fingerprint density at radius 2 is 2.04 bits per heavy atom. The average Bonchev–Trinajstić information content (AvgIpc) is 2.99. The fraction of sp³-hybridized carbons (Fsp3) is 0.650. The van der Waals surface area contributed by atoms with Crippen LogP contribution in [0.25, 0.3) is 0 Å². The minimum atomic E-state index is -2.90. The number of nitrogens with zero attached hydrogens (tertiary/aromatic N) is 1. The SMILES string of the molecule is CCNC(=NCc1cccc(OC2CCCCC2)c1)NC1CCS(=O)(=O)C1. The molecule has 1 aromatic carbocycles. The second-order valence-corrected chi connectivity index (χ2v) is 9.69. The maximum atomic E-state index is 11.6. The molecule has 1 aliphatic carbocycles. The molecule has 0 aromatic heterocycles. The van der Waals surface area contributed by atoms with E-state index in [2.05, 4.69) is 21.7 Å². The van der Waals surface area contributed by atoms with Crippen molar-refractivity contribution < 1.29 is 13.2 Å². The van der Waals surface area contributed by atoms with Crippen molar-refractivity contribution in [1.29, 1.82) is 0 Å². The molecule has 6 nitrogen and oxygen atoms in total. The van der Waals surface area contributed by atoms with Crippen LogP contribution in [0.3, 0.4) is 0 Å². The molecule has 1 atom stereocenters. The predicted octanol–water partition coefficient (Wildman–Crippen LogP) is 2.64. The van der Waals surface area contributed by atoms with Crippen LogP contribution in [-0.2, 0) is 16.4 Å². The zero-order valence-electron chi connectivity index (χ0n) is 16.1. The summed E-state index contributed by atoms with van der Waals surface area (Å²) in [5.41, 5.74) is 1.08. The Morgan fingerprint density at radius 3 is 2.74 bits per heavy atom. The first-order valence-corrected chi connectivity index (χ1v) is 11.9. The molecular weight excluding hydrogens is 362 g/mol. The third kappa shape index (κ3) is 6.41. The third-order valence-electron chi connectivity index (χ3n) is 5.09. The molecule has 2 aliphatic rings. The first kappa shape index (κ1) is 20.0. The highest BCUT2D eigenvalue weighted by Gasteiger charge is 2.28. The van der Waals surface area contributed by atoms with Gasteiger partial charge in [-0.1, -0.05) is 18.6 Å². The van der Waals surface area contributed by atoms with Crippen LogP contribution in [0.2, 0.25) is 0 Å². The number of rotatable bonds is 6. The Kier molecular flexibility index (Phi) is 6.99. The zero-order chi connectivity index (χ0) is 19.1. The number of ether oxygens (including phenoxy) is 1. The number of hydrogen-bond acceptors (Lipinski definition) is 4. The van der Waals surface area contributed by atoms with Gasteiger partial charge in [0.05, 0.1) is 24.2 Å². The van der Waals surface area contributed by atoms with Crippen molar-refractivity contribution in [2.24, 2.45) is 4.99 Å². The molecule has 0 bridgehead atoms. The van der Waals surface area contributed by atoms with Gasteiger partial charge < -0.3 is 15.4 Å². The molecule has 0 spiro atoms. The summed E-state index contributed by atoms with van der Waals surface area (Å²) in [5, 5.41) is 6.45. The molecule has 1 aliphatic heterocycles. The van der Waals surface area contributed by atoms with Gasteiger partial charge >= 0.3 is 0 Å². The van der Waals surface area contributed by atoms with Gasteiger partial charge in [0.15, 0.2) is 15.8 Å². The number of guanidine groups is 1. The molecule has 1 aromatic rings. The van der Waals surface area contributed by atoms with E-state index in [9.17, 15) is 8.42 Å². The van der Waals surface area contributed by atoms with E-state index < -0.39 is 9.84 Å². The van der Waals surface area contributed by atoms with Crippen molar-refractivity contribution in [1.82, 2.24) is 10.6 Å². The molecular formula is C20H31N3O3S. The summed E-state index contributed by atoms with van der Waals surface area (Å²) in [6.45, 7) is 3.26. The first-order valence-electron chi connectivity index (χ1n) is 10.0. The van der Waals surface area contributed by atoms with Crippen LogP contribution in [0.1, 0.15) is 51.0 Å². The van der Waals surface area contributed by atoms with E-state index in [-0.39, 0.29) is 17.5 Å². The van der Waals surface area contributed by atoms with Gasteiger partial charge in [-0.2, -0.15) is 0 Å². The maximum absolute atomic E-state index is 11.6. The van der Waals surface area contributed by atoms with E-state index in [1.165, 1.54) is 19.3 Å². The fourth-order valence-electron chi connectivity index (χ4n) is 3.69. The van der Waals surface area contributed by atoms with Crippen LogP contribution in [0.15, 0.2) is 29.3 Å². The van der Waals surface area contributed by atoms with Crippen LogP contribution >= 0.6 is 0 Å². The Hall–Kier alpha value is -1.76. The zero-order valence-corrected chi connectivity index (χ0v) is 16.9. The molecule has 1 saturated heterocycles. The molecule has 27 heavy (non-hydrogen) atoms. The molecule has 150 valence electrons. The molecule has 0 radical (unpaired) electrons. The largest absolute Gasteiger partial charge is 0.490 e. The number of aliphatic imine (C=N–C) groups is 1. The lowest BCUT2D eigenvalue weighted by molar-refractivity contribution is 0.155. The molecule has 7 heteroatoms. The summed E-state index contributed by atoms with van der Waals surface area (Å²) in [6.07, 6.45) is 7.07. The van der Waals surface area contributed by atoms with E-state index in [0.717, 1.165) is 30.7 Å². The smallest absolute Gasteiger partial charge is 0.191 e. The molecule has 3 rings (SSSR count). The number of hydrogen-bond donors (Lipinski definition) is 2. The lowest BCUT2D eigenvalue weighted by Crippen LogP contribution is -2.44. The van der Waals surface area contributed by atoms with Crippen LogP contribution in [0.5, 0.6) is 5.75 Å². The topological polar surface area (TPSA) is 79.8 Å². The van der Waals surface area contributed by atoms with Crippen LogP contribution in [0.4, 0.5) is 0 Å². The Morgan fingerprint density at radius 1 is 1.22 bits per heavy atom. The van der Waals surface area contributed by atoms with Gasteiger partial charge in [0.1, 0.15) is 5.75 Å². The average molecular weight is 394 g/mol. The van der Waals surface area contributed by atoms with Crippen LogP contribution in [-0.4, -0.2) is 44.6 Å². The van der Waals surface area contributed by atoms with Crippen molar-refractivity contribution in [3.8, 4) is 5.75 Å². The fourth-order valence-corrected chi connectivity index (χ4v) is 5.36. The van der Waals surface area contributed by atoms with E-state index in [1.807, 2.05) is 25.1 Å². The third-order valence-corrected chi connectivity index (χ3v) is 6.86. The van der Waals surface area contributed by atoms with Gasteiger partial charge in [-0.15, -0.1) is 0 Å². The number of benzene rings is 1. The van der Waals surface area contributed by atoms with Gasteiger partial charge in [0.2, 0.25) is 0 Å². The summed E-state index contributed by atoms with van der Waals surface area (Å²) in [7, 11) is -2.90. The monoisotopic (exact) mass is 393 g/mol. The lowest BCUT2D eigenvalue weighted by atomic mass is 9.98. The van der Waals surface area contributed by atoms with E-state index >= 15 is 0 Å². The molecule has 1 unspecified atom stereocenters. The Labute approximate surface area is 162 Å². The van der Waals surface area contributed by atoms with Crippen molar-refractivity contribution in [3.63, 3.8) is 0 Å². The van der Waals surface area contributed by atoms with E-state index in [1.54, 1.807) is 0 Å². The first-order chi connectivity index (χ1) is 13.0. The van der Waals surface area contributed by atoms with Crippen molar-refractivity contribution in [2.75, 3.05) is 18.1 Å². The van der Waals surface area contributed by atoms with Crippen molar-refractivity contribution in [3.05, 3.63) is 29.8 Å². The van der Waals surface area contributed by atoms with Crippen molar-refractivity contribution in [2.45, 2.75) is 64.1 Å². The minimum absolute atomic E-state index is 0.0613. The molecule has 1 saturated carbocycles. The predicted molar refractivity (Wildman–Crippen MR) is 109 cm³/mol. The van der Waals surface area contributed by atoms with E-state index in [0.29, 0.717) is 25.0 Å². The molecule has 2 fully saturated rings. The lowest BCUT2D eigenvalue weighted by Gasteiger charge is -2.23. The molecule has 2 N–H and O–H groups in total. The van der Waals surface area contributed by atoms with Gasteiger partial charge in [-0.05, 0) is 56.7 Å². The highest BCUT2D eigenvalue weighted by Crippen LogP contribution is 2.24. The number of nitrogens with one attached hydrogen (secondary N) is 2. The Bertz CT molecular complexity index is 743. The minimum Gasteiger partial charge on any atom is -0.490 e. The standard InChI is InChI=1S/C20H31N3O3S/c1-2-21-20(23-17-11-12-27(24,25)15-17)22-14-16-7-6-10-19(13-16)26-18-8-4-3-5-9-18/h6-7,10,13,17-18H,2-5,8-9,11-12,14-15H2,1H3,(H2,21,22,23). The molecule has 0 amide bonds. The number of sulfone groups is 1.